The number of hydroxylamine groups is 1. The average molecular weight is 273 g/mol. The second kappa shape index (κ2) is 5.78. The van der Waals surface area contributed by atoms with E-state index >= 15 is 0 Å². The van der Waals surface area contributed by atoms with Gasteiger partial charge in [0.15, 0.2) is 6.61 Å². The average Bonchev–Trinajstić information content (AvgIpc) is 3.05. The maximum atomic E-state index is 11.3. The zero-order valence-electron chi connectivity index (χ0n) is 9.27. The summed E-state index contributed by atoms with van der Waals surface area (Å²) in [6.07, 6.45) is 2.10. The van der Waals surface area contributed by atoms with Crippen LogP contribution in [-0.2, 0) is 14.4 Å². The van der Waals surface area contributed by atoms with Crippen LogP contribution in [0.2, 0.25) is 0 Å². The smallest absolute Gasteiger partial charge is 0.332 e. The number of thioether (sulfide) groups is 1. The molecule has 1 aliphatic carbocycles. The molecule has 1 saturated carbocycles. The largest absolute Gasteiger partial charge is 0.479 e. The van der Waals surface area contributed by atoms with E-state index in [1.165, 1.54) is 11.8 Å². The van der Waals surface area contributed by atoms with E-state index in [0.29, 0.717) is 11.2 Å². The molecular weight excluding hydrogens is 262 g/mol. The summed E-state index contributed by atoms with van der Waals surface area (Å²) in [6, 6.07) is 0.342. The maximum absolute atomic E-state index is 11.3. The number of carbonyl (C=O) groups excluding carboxylic acids is 1. The van der Waals surface area contributed by atoms with Gasteiger partial charge >= 0.3 is 5.97 Å². The highest BCUT2D eigenvalue weighted by molar-refractivity contribution is 7.99. The Labute approximate surface area is 106 Å². The molecule has 0 aromatic carbocycles. The van der Waals surface area contributed by atoms with Crippen LogP contribution in [0.15, 0.2) is 5.16 Å². The minimum Gasteiger partial charge on any atom is -0.479 e. The van der Waals surface area contributed by atoms with Crippen molar-refractivity contribution in [1.82, 2.24) is 25.7 Å². The summed E-state index contributed by atoms with van der Waals surface area (Å²) in [6.45, 7) is -0.573. The van der Waals surface area contributed by atoms with Crippen LogP contribution in [0.5, 0.6) is 0 Å². The van der Waals surface area contributed by atoms with Crippen LogP contribution in [0.1, 0.15) is 18.9 Å². The molecule has 1 amide bonds. The fourth-order valence-electron chi connectivity index (χ4n) is 1.17. The molecule has 0 bridgehead atoms. The predicted octanol–water partition coefficient (Wildman–Crippen LogP) is -0.768. The van der Waals surface area contributed by atoms with E-state index in [1.807, 2.05) is 5.48 Å². The third-order valence-electron chi connectivity index (χ3n) is 2.07. The van der Waals surface area contributed by atoms with Crippen molar-refractivity contribution in [2.75, 3.05) is 12.4 Å². The molecule has 2 rings (SSSR count). The van der Waals surface area contributed by atoms with Crippen molar-refractivity contribution in [1.29, 1.82) is 0 Å². The van der Waals surface area contributed by atoms with E-state index in [2.05, 4.69) is 20.4 Å². The van der Waals surface area contributed by atoms with Gasteiger partial charge in [0.05, 0.1) is 11.8 Å². The molecule has 0 unspecified atom stereocenters. The topological polar surface area (TPSA) is 119 Å². The molecule has 1 aliphatic rings. The van der Waals surface area contributed by atoms with Crippen LogP contribution in [-0.4, -0.2) is 49.6 Å². The van der Waals surface area contributed by atoms with Gasteiger partial charge in [0.25, 0.3) is 5.91 Å². The molecular formula is C8H11N5O4S. The zero-order chi connectivity index (χ0) is 13.0. The van der Waals surface area contributed by atoms with Crippen molar-refractivity contribution in [2.45, 2.75) is 24.0 Å². The standard InChI is InChI=1S/C8H11N5O4S/c14-6(10-17-3-7(15)16)4-18-8-9-11-12-13(8)5-1-2-5/h5H,1-4H2,(H,10,14)(H,15,16). The molecule has 1 fully saturated rings. The van der Waals surface area contributed by atoms with Crippen LogP contribution < -0.4 is 5.48 Å². The lowest BCUT2D eigenvalue weighted by Crippen LogP contribution is -2.28. The second-order valence-corrected chi connectivity index (χ2v) is 4.58. The van der Waals surface area contributed by atoms with E-state index in [0.717, 1.165) is 12.8 Å². The van der Waals surface area contributed by atoms with Gasteiger partial charge in [0.1, 0.15) is 0 Å². The lowest BCUT2D eigenvalue weighted by Gasteiger charge is -2.03. The number of carboxylic acid groups (broad SMARTS) is 1. The van der Waals surface area contributed by atoms with Gasteiger partial charge in [-0.25, -0.2) is 15.0 Å². The van der Waals surface area contributed by atoms with Crippen molar-refractivity contribution in [3.8, 4) is 0 Å². The predicted molar refractivity (Wildman–Crippen MR) is 58.5 cm³/mol. The van der Waals surface area contributed by atoms with Gasteiger partial charge in [-0.05, 0) is 23.3 Å². The van der Waals surface area contributed by atoms with Crippen LogP contribution in [0.3, 0.4) is 0 Å². The number of amides is 1. The lowest BCUT2D eigenvalue weighted by molar-refractivity contribution is -0.148. The Hall–Kier alpha value is -1.68. The highest BCUT2D eigenvalue weighted by Crippen LogP contribution is 2.36. The Kier molecular flexibility index (Phi) is 4.10. The zero-order valence-corrected chi connectivity index (χ0v) is 10.1. The van der Waals surface area contributed by atoms with E-state index in [9.17, 15) is 9.59 Å². The van der Waals surface area contributed by atoms with Crippen molar-refractivity contribution >= 4 is 23.6 Å². The van der Waals surface area contributed by atoms with Crippen LogP contribution >= 0.6 is 11.8 Å². The molecule has 0 spiro atoms. The van der Waals surface area contributed by atoms with Crippen LogP contribution in [0.25, 0.3) is 0 Å². The number of nitrogens with one attached hydrogen (secondary N) is 1. The number of hydrogen-bond acceptors (Lipinski definition) is 7. The fourth-order valence-corrected chi connectivity index (χ4v) is 1.90. The summed E-state index contributed by atoms with van der Waals surface area (Å²) in [5.41, 5.74) is 2.02. The maximum Gasteiger partial charge on any atom is 0.332 e. The van der Waals surface area contributed by atoms with E-state index in [4.69, 9.17) is 5.11 Å². The summed E-state index contributed by atoms with van der Waals surface area (Å²) in [4.78, 5) is 25.9. The Morgan fingerprint density at radius 3 is 3.00 bits per heavy atom. The van der Waals surface area contributed by atoms with Gasteiger partial charge in [0, 0.05) is 0 Å². The third kappa shape index (κ3) is 3.67. The van der Waals surface area contributed by atoms with E-state index in [-0.39, 0.29) is 5.75 Å². The van der Waals surface area contributed by atoms with Gasteiger partial charge in [0.2, 0.25) is 5.16 Å². The van der Waals surface area contributed by atoms with Crippen molar-refractivity contribution < 1.29 is 19.5 Å². The number of carboxylic acids is 1. The summed E-state index contributed by atoms with van der Waals surface area (Å²) < 4.78 is 1.69. The first-order chi connectivity index (χ1) is 8.66. The number of nitrogens with zero attached hydrogens (tertiary/aromatic N) is 4. The minimum atomic E-state index is -1.15. The molecule has 0 aliphatic heterocycles. The first kappa shape index (κ1) is 12.8. The van der Waals surface area contributed by atoms with Crippen molar-refractivity contribution in [2.24, 2.45) is 0 Å². The molecule has 0 radical (unpaired) electrons. The third-order valence-corrected chi connectivity index (χ3v) is 3.00. The van der Waals surface area contributed by atoms with E-state index < -0.39 is 18.5 Å². The van der Waals surface area contributed by atoms with E-state index in [1.54, 1.807) is 4.68 Å². The molecule has 10 heteroatoms. The number of carbonyl (C=O) groups is 2. The molecule has 2 N–H and O–H groups in total. The number of hydrogen-bond donors (Lipinski definition) is 2. The van der Waals surface area contributed by atoms with Gasteiger partial charge in [-0.3, -0.25) is 9.63 Å². The summed E-state index contributed by atoms with van der Waals surface area (Å²) in [5, 5.41) is 20.1. The highest BCUT2D eigenvalue weighted by Gasteiger charge is 2.28. The molecule has 1 aromatic rings. The summed E-state index contributed by atoms with van der Waals surface area (Å²) in [7, 11) is 0. The quantitative estimate of drug-likeness (QED) is 0.491. The Morgan fingerprint density at radius 1 is 1.56 bits per heavy atom. The molecule has 98 valence electrons. The summed E-state index contributed by atoms with van der Waals surface area (Å²) in [5.74, 6) is -1.53. The number of tetrazole rings is 1. The number of aromatic nitrogens is 4. The summed E-state index contributed by atoms with van der Waals surface area (Å²) >= 11 is 1.18. The first-order valence-corrected chi connectivity index (χ1v) is 6.18. The minimum absolute atomic E-state index is 0.0622. The highest BCUT2D eigenvalue weighted by atomic mass is 32.2. The lowest BCUT2D eigenvalue weighted by atomic mass is 10.7. The molecule has 9 nitrogen and oxygen atoms in total. The van der Waals surface area contributed by atoms with Gasteiger partial charge in [-0.2, -0.15) is 0 Å². The van der Waals surface area contributed by atoms with Gasteiger partial charge < -0.3 is 5.11 Å². The number of rotatable bonds is 7. The molecule has 18 heavy (non-hydrogen) atoms. The Morgan fingerprint density at radius 2 is 2.33 bits per heavy atom. The first-order valence-electron chi connectivity index (χ1n) is 5.20. The van der Waals surface area contributed by atoms with Crippen molar-refractivity contribution in [3.63, 3.8) is 0 Å². The molecule has 1 heterocycles. The van der Waals surface area contributed by atoms with Crippen LogP contribution in [0, 0.1) is 0 Å². The van der Waals surface area contributed by atoms with Gasteiger partial charge in [-0.15, -0.1) is 5.10 Å². The Bertz CT molecular complexity index is 446. The number of aliphatic carboxylic acids is 1. The SMILES string of the molecule is O=C(O)CONC(=O)CSc1nnnn1C1CC1. The second-order valence-electron chi connectivity index (χ2n) is 3.63. The van der Waals surface area contributed by atoms with Gasteiger partial charge in [-0.1, -0.05) is 11.8 Å². The fraction of sp³-hybridized carbons (Fsp3) is 0.625. The normalized spacial score (nSPS) is 14.4. The van der Waals surface area contributed by atoms with Crippen LogP contribution in [0.4, 0.5) is 0 Å². The monoisotopic (exact) mass is 273 g/mol. The molecule has 1 aromatic heterocycles. The molecule has 0 atom stereocenters. The Balaban J connectivity index is 1.71. The van der Waals surface area contributed by atoms with Crippen molar-refractivity contribution in [3.05, 3.63) is 0 Å². The molecule has 0 saturated heterocycles.